The minimum absolute atomic E-state index is 0.329. The molecule has 0 N–H and O–H groups in total. The van der Waals surface area contributed by atoms with E-state index in [-0.39, 0.29) is 0 Å². The molecule has 0 heterocycles. The van der Waals surface area contributed by atoms with Crippen LogP contribution in [-0.4, -0.2) is 0 Å². The van der Waals surface area contributed by atoms with Crippen molar-refractivity contribution in [3.8, 4) is 12.3 Å². The Morgan fingerprint density at radius 3 is 2.00 bits per heavy atom. The molecule has 0 saturated carbocycles. The number of hydrogen-bond acceptors (Lipinski definition) is 0. The summed E-state index contributed by atoms with van der Waals surface area (Å²) in [6.07, 6.45) is 7.29. The normalized spacial score (nSPS) is 13.4. The first-order valence-electron chi connectivity index (χ1n) is 2.98. The Kier molecular flexibility index (Phi) is 3.35. The molecule has 0 amide bonds. The molecule has 0 heteroatoms. The largest absolute Gasteiger partial charge is 0.120 e. The fourth-order valence-corrected chi connectivity index (χ4v) is 0.633. The highest BCUT2D eigenvalue weighted by Crippen LogP contribution is 2.06. The quantitative estimate of drug-likeness (QED) is 0.476. The first kappa shape index (κ1) is 7.56. The van der Waals surface area contributed by atoms with Crippen LogP contribution in [0.5, 0.6) is 0 Å². The predicted octanol–water partition coefficient (Wildman–Crippen LogP) is 2.12. The molecule has 0 bridgehead atoms. The van der Waals surface area contributed by atoms with Crippen molar-refractivity contribution in [2.24, 2.45) is 11.8 Å². The molecule has 0 nitrogen and oxygen atoms in total. The van der Waals surface area contributed by atoms with Crippen molar-refractivity contribution >= 4 is 0 Å². The van der Waals surface area contributed by atoms with Gasteiger partial charge in [0.1, 0.15) is 0 Å². The Morgan fingerprint density at radius 1 is 1.38 bits per heavy atom. The van der Waals surface area contributed by atoms with E-state index in [9.17, 15) is 0 Å². The highest BCUT2D eigenvalue weighted by molar-refractivity contribution is 4.98. The zero-order chi connectivity index (χ0) is 6.57. The zero-order valence-electron chi connectivity index (χ0n) is 5.81. The third-order valence-electron chi connectivity index (χ3n) is 0.936. The van der Waals surface area contributed by atoms with Crippen LogP contribution in [0.1, 0.15) is 20.8 Å². The first-order valence-corrected chi connectivity index (χ1v) is 2.98. The minimum atomic E-state index is 0.329. The number of terminal acetylenes is 1. The van der Waals surface area contributed by atoms with Crippen molar-refractivity contribution in [2.45, 2.75) is 20.8 Å². The zero-order valence-corrected chi connectivity index (χ0v) is 5.81. The third-order valence-corrected chi connectivity index (χ3v) is 0.936. The van der Waals surface area contributed by atoms with Crippen molar-refractivity contribution in [3.05, 3.63) is 6.42 Å². The van der Waals surface area contributed by atoms with E-state index in [0.717, 1.165) is 0 Å². The molecule has 0 aliphatic heterocycles. The SMILES string of the molecule is C#CC(C)[CH]C(C)C. The second kappa shape index (κ2) is 3.55. The highest BCUT2D eigenvalue weighted by Gasteiger charge is 1.99. The van der Waals surface area contributed by atoms with E-state index in [1.807, 2.05) is 6.92 Å². The number of hydrogen-bond donors (Lipinski definition) is 0. The average Bonchev–Trinajstić information content (AvgIpc) is 1.65. The van der Waals surface area contributed by atoms with Crippen LogP contribution in [-0.2, 0) is 0 Å². The van der Waals surface area contributed by atoms with Crippen molar-refractivity contribution in [1.29, 1.82) is 0 Å². The van der Waals surface area contributed by atoms with Crippen LogP contribution in [0.25, 0.3) is 0 Å². The summed E-state index contributed by atoms with van der Waals surface area (Å²) in [7, 11) is 0. The van der Waals surface area contributed by atoms with E-state index in [2.05, 4.69) is 26.2 Å². The lowest BCUT2D eigenvalue weighted by atomic mass is 10.0. The monoisotopic (exact) mass is 109 g/mol. The predicted molar refractivity (Wildman–Crippen MR) is 37.1 cm³/mol. The molecule has 0 aromatic carbocycles. The van der Waals surface area contributed by atoms with E-state index >= 15 is 0 Å². The van der Waals surface area contributed by atoms with Crippen LogP contribution in [0.3, 0.4) is 0 Å². The van der Waals surface area contributed by atoms with E-state index in [1.54, 1.807) is 0 Å². The summed E-state index contributed by atoms with van der Waals surface area (Å²) in [6.45, 7) is 6.29. The molecule has 0 saturated heterocycles. The summed E-state index contributed by atoms with van der Waals surface area (Å²) in [4.78, 5) is 0. The van der Waals surface area contributed by atoms with E-state index in [1.165, 1.54) is 0 Å². The Bertz CT molecular complexity index is 84.7. The van der Waals surface area contributed by atoms with Crippen LogP contribution in [0.4, 0.5) is 0 Å². The molecule has 1 radical (unpaired) electrons. The van der Waals surface area contributed by atoms with Gasteiger partial charge in [-0.15, -0.1) is 12.3 Å². The van der Waals surface area contributed by atoms with E-state index < -0.39 is 0 Å². The fourth-order valence-electron chi connectivity index (χ4n) is 0.633. The molecule has 1 atom stereocenters. The van der Waals surface area contributed by atoms with Gasteiger partial charge in [-0.05, 0) is 12.3 Å². The maximum Gasteiger partial charge on any atom is 0.0205 e. The first-order chi connectivity index (χ1) is 3.66. The minimum Gasteiger partial charge on any atom is -0.120 e. The molecule has 8 heavy (non-hydrogen) atoms. The van der Waals surface area contributed by atoms with Gasteiger partial charge in [-0.1, -0.05) is 20.8 Å². The Balaban J connectivity index is 3.28. The number of rotatable bonds is 2. The van der Waals surface area contributed by atoms with Gasteiger partial charge >= 0.3 is 0 Å². The van der Waals surface area contributed by atoms with Gasteiger partial charge in [0.05, 0.1) is 0 Å². The van der Waals surface area contributed by atoms with Gasteiger partial charge < -0.3 is 0 Å². The molecule has 0 aliphatic carbocycles. The Labute approximate surface area is 52.3 Å². The maximum atomic E-state index is 5.14. The van der Waals surface area contributed by atoms with Gasteiger partial charge in [0.25, 0.3) is 0 Å². The van der Waals surface area contributed by atoms with Crippen molar-refractivity contribution < 1.29 is 0 Å². The van der Waals surface area contributed by atoms with Crippen LogP contribution >= 0.6 is 0 Å². The van der Waals surface area contributed by atoms with Gasteiger partial charge in [0, 0.05) is 5.92 Å². The maximum absolute atomic E-state index is 5.14. The molecule has 0 aliphatic rings. The van der Waals surface area contributed by atoms with Gasteiger partial charge in [-0.3, -0.25) is 0 Å². The topological polar surface area (TPSA) is 0 Å². The fraction of sp³-hybridized carbons (Fsp3) is 0.625. The van der Waals surface area contributed by atoms with Gasteiger partial charge in [0.2, 0.25) is 0 Å². The average molecular weight is 109 g/mol. The van der Waals surface area contributed by atoms with Gasteiger partial charge in [-0.25, -0.2) is 0 Å². The standard InChI is InChI=1S/C8H13/c1-5-8(4)6-7(2)3/h1,6-8H,2-4H3. The van der Waals surface area contributed by atoms with Crippen molar-refractivity contribution in [2.75, 3.05) is 0 Å². The summed E-state index contributed by atoms with van der Waals surface area (Å²) in [5.74, 6) is 3.58. The van der Waals surface area contributed by atoms with Crippen molar-refractivity contribution in [1.82, 2.24) is 0 Å². The second-order valence-electron chi connectivity index (χ2n) is 2.39. The van der Waals surface area contributed by atoms with E-state index in [0.29, 0.717) is 11.8 Å². The lowest BCUT2D eigenvalue weighted by Crippen LogP contribution is -1.97. The molecule has 0 aromatic rings. The molecular formula is C8H13. The van der Waals surface area contributed by atoms with Crippen LogP contribution in [0.15, 0.2) is 0 Å². The molecule has 0 spiro atoms. The second-order valence-corrected chi connectivity index (χ2v) is 2.39. The van der Waals surface area contributed by atoms with Crippen LogP contribution < -0.4 is 0 Å². The Morgan fingerprint density at radius 2 is 1.88 bits per heavy atom. The summed E-state index contributed by atoms with van der Waals surface area (Å²) in [5.41, 5.74) is 0. The highest BCUT2D eigenvalue weighted by atomic mass is 14.0. The summed E-state index contributed by atoms with van der Waals surface area (Å²) in [5, 5.41) is 0. The van der Waals surface area contributed by atoms with Gasteiger partial charge in [0.15, 0.2) is 0 Å². The summed E-state index contributed by atoms with van der Waals surface area (Å²) in [6, 6.07) is 0. The molecular weight excluding hydrogens is 96.1 g/mol. The molecule has 0 rings (SSSR count). The summed E-state index contributed by atoms with van der Waals surface area (Å²) < 4.78 is 0. The van der Waals surface area contributed by atoms with Crippen molar-refractivity contribution in [3.63, 3.8) is 0 Å². The lowest BCUT2D eigenvalue weighted by Gasteiger charge is -2.04. The van der Waals surface area contributed by atoms with Crippen LogP contribution in [0.2, 0.25) is 0 Å². The third kappa shape index (κ3) is 3.74. The van der Waals surface area contributed by atoms with Gasteiger partial charge in [-0.2, -0.15) is 0 Å². The lowest BCUT2D eigenvalue weighted by molar-refractivity contribution is 0.666. The molecule has 0 aromatic heterocycles. The molecule has 45 valence electrons. The summed E-state index contributed by atoms with van der Waals surface area (Å²) >= 11 is 0. The van der Waals surface area contributed by atoms with E-state index in [4.69, 9.17) is 6.42 Å². The molecule has 0 fully saturated rings. The smallest absolute Gasteiger partial charge is 0.0205 e. The Hall–Kier alpha value is -0.440. The molecule has 1 unspecified atom stereocenters. The van der Waals surface area contributed by atoms with Crippen LogP contribution in [0, 0.1) is 30.6 Å².